The zero-order valence-electron chi connectivity index (χ0n) is 11.0. The Hall–Kier alpha value is -3.02. The van der Waals surface area contributed by atoms with Crippen molar-refractivity contribution in [2.75, 3.05) is 0 Å². The molecule has 4 rings (SSSR count). The van der Waals surface area contributed by atoms with E-state index in [0.717, 1.165) is 16.5 Å². The van der Waals surface area contributed by atoms with Crippen molar-refractivity contribution < 1.29 is 4.52 Å². The predicted octanol–water partition coefficient (Wildman–Crippen LogP) is 2.60. The Morgan fingerprint density at radius 1 is 1.10 bits per heavy atom. The normalized spacial score (nSPS) is 11.0. The average molecular weight is 277 g/mol. The Morgan fingerprint density at radius 2 is 2.05 bits per heavy atom. The molecule has 0 unspecified atom stereocenters. The van der Waals surface area contributed by atoms with E-state index in [0.29, 0.717) is 23.8 Å². The van der Waals surface area contributed by atoms with Crippen LogP contribution in [0, 0.1) is 0 Å². The molecule has 0 fully saturated rings. The van der Waals surface area contributed by atoms with E-state index in [-0.39, 0.29) is 0 Å². The fourth-order valence-electron chi connectivity index (χ4n) is 2.23. The van der Waals surface area contributed by atoms with Gasteiger partial charge in [0.05, 0.1) is 5.52 Å². The summed E-state index contributed by atoms with van der Waals surface area (Å²) >= 11 is 0. The van der Waals surface area contributed by atoms with Gasteiger partial charge in [-0.2, -0.15) is 10.1 Å². The van der Waals surface area contributed by atoms with E-state index in [1.807, 2.05) is 36.4 Å². The minimum Gasteiger partial charge on any atom is -0.332 e. The van der Waals surface area contributed by atoms with Gasteiger partial charge in [-0.05, 0) is 17.7 Å². The van der Waals surface area contributed by atoms with E-state index in [4.69, 9.17) is 4.52 Å². The number of para-hydroxylation sites is 1. The van der Waals surface area contributed by atoms with Gasteiger partial charge < -0.3 is 4.52 Å². The minimum atomic E-state index is 0.423. The number of hydrogen-bond donors (Lipinski definition) is 1. The molecule has 0 amide bonds. The maximum absolute atomic E-state index is 5.33. The number of nitrogens with one attached hydrogen (secondary N) is 1. The summed E-state index contributed by atoms with van der Waals surface area (Å²) in [7, 11) is 0. The lowest BCUT2D eigenvalue weighted by Gasteiger charge is -1.93. The summed E-state index contributed by atoms with van der Waals surface area (Å²) in [5.41, 5.74) is 2.66. The number of pyridine rings is 1. The summed E-state index contributed by atoms with van der Waals surface area (Å²) in [6.07, 6.45) is 4.11. The van der Waals surface area contributed by atoms with E-state index >= 15 is 0 Å². The standard InChI is InChI=1S/C15H11N5O/c1-2-6-12-11(5-1)14(19-18-12)15-17-13(20-21-15)8-10-4-3-7-16-9-10/h1-7,9H,8H2,(H,18,19). The summed E-state index contributed by atoms with van der Waals surface area (Å²) in [5.74, 6) is 1.04. The van der Waals surface area contributed by atoms with Gasteiger partial charge in [-0.25, -0.2) is 0 Å². The molecule has 102 valence electrons. The largest absolute Gasteiger partial charge is 0.332 e. The fourth-order valence-corrected chi connectivity index (χ4v) is 2.23. The van der Waals surface area contributed by atoms with Crippen LogP contribution in [0.5, 0.6) is 0 Å². The van der Waals surface area contributed by atoms with Crippen LogP contribution in [0.3, 0.4) is 0 Å². The molecule has 1 N–H and O–H groups in total. The van der Waals surface area contributed by atoms with Crippen LogP contribution in [0.1, 0.15) is 11.4 Å². The van der Waals surface area contributed by atoms with Crippen molar-refractivity contribution >= 4 is 10.9 Å². The molecule has 4 aromatic rings. The Labute approximate surface area is 119 Å². The van der Waals surface area contributed by atoms with Crippen LogP contribution in [-0.2, 0) is 6.42 Å². The van der Waals surface area contributed by atoms with Crippen molar-refractivity contribution in [1.29, 1.82) is 0 Å². The van der Waals surface area contributed by atoms with E-state index in [1.165, 1.54) is 0 Å². The van der Waals surface area contributed by atoms with Crippen molar-refractivity contribution in [3.63, 3.8) is 0 Å². The third-order valence-electron chi connectivity index (χ3n) is 3.23. The van der Waals surface area contributed by atoms with Crippen LogP contribution in [-0.4, -0.2) is 25.3 Å². The molecule has 3 aromatic heterocycles. The van der Waals surface area contributed by atoms with E-state index in [1.54, 1.807) is 12.4 Å². The smallest absolute Gasteiger partial charge is 0.279 e. The third kappa shape index (κ3) is 2.16. The minimum absolute atomic E-state index is 0.423. The molecule has 0 aliphatic carbocycles. The summed E-state index contributed by atoms with van der Waals surface area (Å²) < 4.78 is 5.33. The van der Waals surface area contributed by atoms with Gasteiger partial charge in [-0.15, -0.1) is 0 Å². The van der Waals surface area contributed by atoms with Crippen molar-refractivity contribution in [2.45, 2.75) is 6.42 Å². The van der Waals surface area contributed by atoms with Crippen molar-refractivity contribution in [3.8, 4) is 11.6 Å². The highest BCUT2D eigenvalue weighted by Crippen LogP contribution is 2.24. The first-order valence-corrected chi connectivity index (χ1v) is 6.55. The molecule has 6 nitrogen and oxygen atoms in total. The molecule has 6 heteroatoms. The summed E-state index contributed by atoms with van der Waals surface area (Å²) in [5, 5.41) is 12.2. The molecular formula is C15H11N5O. The van der Waals surface area contributed by atoms with Crippen LogP contribution in [0.2, 0.25) is 0 Å². The Bertz CT molecular complexity index is 881. The van der Waals surface area contributed by atoms with Crippen LogP contribution < -0.4 is 0 Å². The predicted molar refractivity (Wildman–Crippen MR) is 76.4 cm³/mol. The SMILES string of the molecule is c1cncc(Cc2noc(-c3n[nH]c4ccccc34)n2)c1. The highest BCUT2D eigenvalue weighted by Gasteiger charge is 2.15. The van der Waals surface area contributed by atoms with E-state index < -0.39 is 0 Å². The number of rotatable bonds is 3. The molecule has 0 spiro atoms. The topological polar surface area (TPSA) is 80.5 Å². The van der Waals surface area contributed by atoms with Gasteiger partial charge in [0.1, 0.15) is 0 Å². The molecule has 3 heterocycles. The van der Waals surface area contributed by atoms with Gasteiger partial charge in [-0.1, -0.05) is 29.4 Å². The van der Waals surface area contributed by atoms with Gasteiger partial charge >= 0.3 is 0 Å². The van der Waals surface area contributed by atoms with Crippen molar-refractivity contribution in [2.24, 2.45) is 0 Å². The summed E-state index contributed by atoms with van der Waals surface area (Å²) in [6, 6.07) is 11.7. The highest BCUT2D eigenvalue weighted by atomic mass is 16.5. The Kier molecular flexibility index (Phi) is 2.71. The zero-order valence-corrected chi connectivity index (χ0v) is 11.0. The van der Waals surface area contributed by atoms with Crippen LogP contribution in [0.15, 0.2) is 53.3 Å². The third-order valence-corrected chi connectivity index (χ3v) is 3.23. The molecule has 0 bridgehead atoms. The van der Waals surface area contributed by atoms with Crippen molar-refractivity contribution in [1.82, 2.24) is 25.3 Å². The first-order chi connectivity index (χ1) is 10.4. The van der Waals surface area contributed by atoms with E-state index in [9.17, 15) is 0 Å². The summed E-state index contributed by atoms with van der Waals surface area (Å²) in [4.78, 5) is 8.49. The fraction of sp³-hybridized carbons (Fsp3) is 0.0667. The molecule has 21 heavy (non-hydrogen) atoms. The van der Waals surface area contributed by atoms with Crippen molar-refractivity contribution in [3.05, 3.63) is 60.2 Å². The molecule has 0 radical (unpaired) electrons. The second kappa shape index (κ2) is 4.82. The molecule has 0 aliphatic heterocycles. The molecule has 1 aromatic carbocycles. The number of nitrogens with zero attached hydrogens (tertiary/aromatic N) is 4. The lowest BCUT2D eigenvalue weighted by atomic mass is 10.2. The maximum Gasteiger partial charge on any atom is 0.279 e. The second-order valence-electron chi connectivity index (χ2n) is 4.67. The maximum atomic E-state index is 5.33. The van der Waals surface area contributed by atoms with Crippen LogP contribution >= 0.6 is 0 Å². The van der Waals surface area contributed by atoms with Crippen LogP contribution in [0.4, 0.5) is 0 Å². The number of fused-ring (bicyclic) bond motifs is 1. The van der Waals surface area contributed by atoms with Gasteiger partial charge in [0.2, 0.25) is 0 Å². The number of aromatic amines is 1. The van der Waals surface area contributed by atoms with Gasteiger partial charge in [-0.3, -0.25) is 10.1 Å². The molecule has 0 atom stereocenters. The lowest BCUT2D eigenvalue weighted by Crippen LogP contribution is -1.91. The van der Waals surface area contributed by atoms with E-state index in [2.05, 4.69) is 25.3 Å². The first-order valence-electron chi connectivity index (χ1n) is 6.55. The van der Waals surface area contributed by atoms with Gasteiger partial charge in [0.25, 0.3) is 5.89 Å². The summed E-state index contributed by atoms with van der Waals surface area (Å²) in [6.45, 7) is 0. The molecule has 0 saturated carbocycles. The lowest BCUT2D eigenvalue weighted by molar-refractivity contribution is 0.423. The Morgan fingerprint density at radius 3 is 2.95 bits per heavy atom. The number of benzene rings is 1. The average Bonchev–Trinajstić information content (AvgIpc) is 3.14. The zero-order chi connectivity index (χ0) is 14.1. The van der Waals surface area contributed by atoms with Crippen LogP contribution in [0.25, 0.3) is 22.5 Å². The monoisotopic (exact) mass is 277 g/mol. The van der Waals surface area contributed by atoms with Gasteiger partial charge in [0, 0.05) is 24.2 Å². The number of aromatic nitrogens is 5. The number of hydrogen-bond acceptors (Lipinski definition) is 5. The molecule has 0 saturated heterocycles. The highest BCUT2D eigenvalue weighted by molar-refractivity contribution is 5.90. The first kappa shape index (κ1) is 11.8. The Balaban J connectivity index is 1.68. The quantitative estimate of drug-likeness (QED) is 0.622. The molecular weight excluding hydrogens is 266 g/mol. The number of H-pyrrole nitrogens is 1. The molecule has 0 aliphatic rings. The van der Waals surface area contributed by atoms with Gasteiger partial charge in [0.15, 0.2) is 11.5 Å². The second-order valence-corrected chi connectivity index (χ2v) is 4.67.